The third-order valence-corrected chi connectivity index (χ3v) is 5.88. The van der Waals surface area contributed by atoms with E-state index < -0.39 is 0 Å². The number of hydrogen-bond donors (Lipinski definition) is 0. The fraction of sp³-hybridized carbons (Fsp3) is 0.632. The maximum Gasteiger partial charge on any atom is 0.233 e. The lowest BCUT2D eigenvalue weighted by molar-refractivity contribution is -0.138. The fourth-order valence-electron chi connectivity index (χ4n) is 4.47. The second-order valence-corrected chi connectivity index (χ2v) is 7.60. The Hall–Kier alpha value is -2.29. The van der Waals surface area contributed by atoms with Crippen LogP contribution in [0.2, 0.25) is 0 Å². The van der Waals surface area contributed by atoms with Gasteiger partial charge in [-0.3, -0.25) is 4.79 Å². The first-order valence-corrected chi connectivity index (χ1v) is 9.13. The number of anilines is 1. The number of methoxy groups -OCH3 is 1. The van der Waals surface area contributed by atoms with Crippen LogP contribution in [-0.4, -0.2) is 48.6 Å². The number of carbonyl (C=O) groups excluding carboxylic acids is 1. The summed E-state index contributed by atoms with van der Waals surface area (Å²) >= 11 is 0. The Balaban J connectivity index is 1.59. The largest absolute Gasteiger partial charge is 0.480 e. The molecule has 1 aliphatic carbocycles. The van der Waals surface area contributed by atoms with Crippen molar-refractivity contribution in [1.82, 2.24) is 9.88 Å². The molecule has 6 nitrogen and oxygen atoms in total. The van der Waals surface area contributed by atoms with E-state index in [-0.39, 0.29) is 5.41 Å². The zero-order chi connectivity index (χ0) is 17.4. The third-order valence-electron chi connectivity index (χ3n) is 5.88. The van der Waals surface area contributed by atoms with Gasteiger partial charge in [0, 0.05) is 43.7 Å². The molecule has 1 aromatic heterocycles. The summed E-state index contributed by atoms with van der Waals surface area (Å²) in [7, 11) is 1.55. The van der Waals surface area contributed by atoms with Crippen LogP contribution < -0.4 is 9.64 Å². The summed E-state index contributed by atoms with van der Waals surface area (Å²) in [5.74, 6) is 0.714. The van der Waals surface area contributed by atoms with Crippen molar-refractivity contribution in [1.29, 1.82) is 5.26 Å². The number of ether oxygens (including phenoxy) is 1. The zero-order valence-electron chi connectivity index (χ0n) is 14.7. The van der Waals surface area contributed by atoms with Gasteiger partial charge in [0.2, 0.25) is 11.8 Å². The highest BCUT2D eigenvalue weighted by Crippen LogP contribution is 2.44. The van der Waals surface area contributed by atoms with Crippen molar-refractivity contribution in [3.8, 4) is 11.9 Å². The number of piperidine rings is 2. The first kappa shape index (κ1) is 16.2. The molecule has 0 unspecified atom stereocenters. The highest BCUT2D eigenvalue weighted by atomic mass is 16.5. The predicted molar refractivity (Wildman–Crippen MR) is 93.4 cm³/mol. The van der Waals surface area contributed by atoms with Crippen LogP contribution in [0.5, 0.6) is 5.88 Å². The van der Waals surface area contributed by atoms with Crippen LogP contribution in [0.15, 0.2) is 12.3 Å². The highest BCUT2D eigenvalue weighted by Gasteiger charge is 2.45. The molecule has 3 fully saturated rings. The van der Waals surface area contributed by atoms with E-state index in [0.717, 1.165) is 57.4 Å². The van der Waals surface area contributed by atoms with Crippen molar-refractivity contribution in [2.24, 2.45) is 5.41 Å². The quantitative estimate of drug-likeness (QED) is 0.845. The molecule has 0 N–H and O–H groups in total. The van der Waals surface area contributed by atoms with Crippen molar-refractivity contribution < 1.29 is 9.53 Å². The molecule has 0 aromatic carbocycles. The Bertz CT molecular complexity index is 725. The lowest BCUT2D eigenvalue weighted by Crippen LogP contribution is -2.54. The van der Waals surface area contributed by atoms with Crippen LogP contribution in [0.25, 0.3) is 0 Å². The second kappa shape index (κ2) is 6.21. The number of rotatable bonds is 3. The Kier molecular flexibility index (Phi) is 4.03. The van der Waals surface area contributed by atoms with Gasteiger partial charge in [-0.25, -0.2) is 4.98 Å². The first-order chi connectivity index (χ1) is 12.2. The summed E-state index contributed by atoms with van der Waals surface area (Å²) in [6.45, 7) is 2.70. The van der Waals surface area contributed by atoms with Crippen molar-refractivity contribution in [3.05, 3.63) is 17.8 Å². The lowest BCUT2D eigenvalue weighted by Gasteiger charge is -2.49. The Labute approximate surface area is 148 Å². The van der Waals surface area contributed by atoms with Gasteiger partial charge in [-0.15, -0.1) is 0 Å². The summed E-state index contributed by atoms with van der Waals surface area (Å²) in [5, 5.41) is 9.57. The van der Waals surface area contributed by atoms with Crippen molar-refractivity contribution >= 4 is 11.6 Å². The van der Waals surface area contributed by atoms with Crippen LogP contribution in [-0.2, 0) is 4.79 Å². The molecular weight excluding hydrogens is 316 g/mol. The van der Waals surface area contributed by atoms with E-state index in [1.54, 1.807) is 13.3 Å². The van der Waals surface area contributed by atoms with Gasteiger partial charge in [-0.05, 0) is 38.2 Å². The molecule has 1 saturated carbocycles. The fourth-order valence-corrected chi connectivity index (χ4v) is 4.47. The topological polar surface area (TPSA) is 69.5 Å². The van der Waals surface area contributed by atoms with E-state index in [2.05, 4.69) is 20.9 Å². The van der Waals surface area contributed by atoms with Crippen LogP contribution in [0.4, 0.5) is 5.69 Å². The minimum atomic E-state index is 0.151. The van der Waals surface area contributed by atoms with E-state index >= 15 is 0 Å². The molecule has 1 aromatic rings. The maximum absolute atomic E-state index is 12.3. The van der Waals surface area contributed by atoms with E-state index in [4.69, 9.17) is 4.74 Å². The minimum Gasteiger partial charge on any atom is -0.480 e. The van der Waals surface area contributed by atoms with E-state index in [9.17, 15) is 10.1 Å². The molecule has 0 radical (unpaired) electrons. The SMILES string of the molecule is COc1nccc(N2CCC[C@@]3(CCC(=O)N(C4CC4)C3)C2)c1C#N. The molecule has 0 bridgehead atoms. The van der Waals surface area contributed by atoms with Gasteiger partial charge in [-0.2, -0.15) is 5.26 Å². The molecular formula is C19H24N4O2. The first-order valence-electron chi connectivity index (χ1n) is 9.13. The lowest BCUT2D eigenvalue weighted by atomic mass is 9.73. The minimum absolute atomic E-state index is 0.151. The number of carbonyl (C=O) groups is 1. The number of hydrogen-bond acceptors (Lipinski definition) is 5. The molecule has 1 atom stereocenters. The summed E-state index contributed by atoms with van der Waals surface area (Å²) in [4.78, 5) is 20.9. The maximum atomic E-state index is 12.3. The van der Waals surface area contributed by atoms with Gasteiger partial charge in [-0.1, -0.05) is 0 Å². The smallest absolute Gasteiger partial charge is 0.233 e. The monoisotopic (exact) mass is 340 g/mol. The van der Waals surface area contributed by atoms with Crippen LogP contribution in [0.3, 0.4) is 0 Å². The van der Waals surface area contributed by atoms with Crippen LogP contribution in [0, 0.1) is 16.7 Å². The van der Waals surface area contributed by atoms with E-state index in [1.807, 2.05) is 6.07 Å². The van der Waals surface area contributed by atoms with Crippen molar-refractivity contribution in [3.63, 3.8) is 0 Å². The number of likely N-dealkylation sites (tertiary alicyclic amines) is 1. The average molecular weight is 340 g/mol. The number of nitriles is 1. The summed E-state index contributed by atoms with van der Waals surface area (Å²) in [6, 6.07) is 4.65. The Morgan fingerprint density at radius 1 is 1.36 bits per heavy atom. The molecule has 6 heteroatoms. The number of aromatic nitrogens is 1. The van der Waals surface area contributed by atoms with Gasteiger partial charge in [0.25, 0.3) is 0 Å². The molecule has 3 heterocycles. The van der Waals surface area contributed by atoms with Gasteiger partial charge < -0.3 is 14.5 Å². The van der Waals surface area contributed by atoms with Crippen LogP contribution >= 0.6 is 0 Å². The molecule has 3 aliphatic rings. The molecule has 1 amide bonds. The Morgan fingerprint density at radius 3 is 2.92 bits per heavy atom. The van der Waals surface area contributed by atoms with Gasteiger partial charge in [0.1, 0.15) is 11.6 Å². The predicted octanol–water partition coefficient (Wildman–Crippen LogP) is 2.33. The molecule has 132 valence electrons. The van der Waals surface area contributed by atoms with Crippen molar-refractivity contribution in [2.45, 2.75) is 44.6 Å². The number of nitrogens with zero attached hydrogens (tertiary/aromatic N) is 4. The summed E-state index contributed by atoms with van der Waals surface area (Å²) in [5.41, 5.74) is 1.56. The number of pyridine rings is 1. The molecule has 1 spiro atoms. The highest BCUT2D eigenvalue weighted by molar-refractivity contribution is 5.78. The molecule has 4 rings (SSSR count). The van der Waals surface area contributed by atoms with Gasteiger partial charge >= 0.3 is 0 Å². The normalized spacial score (nSPS) is 26.6. The average Bonchev–Trinajstić information content (AvgIpc) is 3.48. The third kappa shape index (κ3) is 2.92. The summed E-state index contributed by atoms with van der Waals surface area (Å²) < 4.78 is 5.26. The summed E-state index contributed by atoms with van der Waals surface area (Å²) in [6.07, 6.45) is 7.88. The second-order valence-electron chi connectivity index (χ2n) is 7.60. The molecule has 2 aliphatic heterocycles. The van der Waals surface area contributed by atoms with Crippen LogP contribution in [0.1, 0.15) is 44.1 Å². The van der Waals surface area contributed by atoms with E-state index in [1.165, 1.54) is 0 Å². The molecule has 2 saturated heterocycles. The Morgan fingerprint density at radius 2 is 2.20 bits per heavy atom. The standard InChI is InChI=1S/C19H24N4O2/c1-25-18-15(11-20)16(6-9-21-18)22-10-2-7-19(12-22)8-5-17(24)23(13-19)14-3-4-14/h6,9,14H,2-5,7-8,10,12-13H2,1H3/t19-/m1/s1. The van der Waals surface area contributed by atoms with E-state index in [0.29, 0.717) is 29.8 Å². The zero-order valence-corrected chi connectivity index (χ0v) is 14.7. The molecule has 25 heavy (non-hydrogen) atoms. The van der Waals surface area contributed by atoms with Crippen molar-refractivity contribution in [2.75, 3.05) is 31.6 Å². The van der Waals surface area contributed by atoms with Gasteiger partial charge in [0.05, 0.1) is 12.8 Å². The number of amides is 1. The van der Waals surface area contributed by atoms with Gasteiger partial charge in [0.15, 0.2) is 0 Å².